The lowest BCUT2D eigenvalue weighted by Gasteiger charge is -2.35. The van der Waals surface area contributed by atoms with Gasteiger partial charge in [-0.05, 0) is 31.4 Å². The number of ether oxygens (including phenoxy) is 1. The van der Waals surface area contributed by atoms with Crippen molar-refractivity contribution in [1.29, 1.82) is 0 Å². The Morgan fingerprint density at radius 2 is 2.21 bits per heavy atom. The minimum Gasteiger partial charge on any atom is -0.476 e. The second-order valence-corrected chi connectivity index (χ2v) is 7.36. The lowest BCUT2D eigenvalue weighted by atomic mass is 9.96. The molecule has 0 bridgehead atoms. The molecule has 3 atom stereocenters. The maximum absolute atomic E-state index is 11.0. The highest BCUT2D eigenvalue weighted by atomic mass is 32.1. The summed E-state index contributed by atoms with van der Waals surface area (Å²) in [5.41, 5.74) is 1.39. The standard InChI is InChI=1S/C18H20N2O3S/c21-18(22)13-11-24-17(19-13)10-20-8-4-7-15-14(20)9-16(23-15)12-5-2-1-3-6-12/h1-3,5-6,11,14-16H,4,7-10H2,(H,21,22)/t14-,15-,16-/m0/s1. The summed E-state index contributed by atoms with van der Waals surface area (Å²) in [4.78, 5) is 17.6. The number of likely N-dealkylation sites (tertiary alicyclic amines) is 1. The van der Waals surface area contributed by atoms with E-state index in [1.807, 2.05) is 6.07 Å². The topological polar surface area (TPSA) is 62.7 Å². The summed E-state index contributed by atoms with van der Waals surface area (Å²) < 4.78 is 6.31. The second-order valence-electron chi connectivity index (χ2n) is 6.42. The predicted molar refractivity (Wildman–Crippen MR) is 91.2 cm³/mol. The first-order valence-electron chi connectivity index (χ1n) is 8.33. The van der Waals surface area contributed by atoms with Gasteiger partial charge in [-0.3, -0.25) is 4.90 Å². The van der Waals surface area contributed by atoms with Crippen LogP contribution in [0.15, 0.2) is 35.7 Å². The predicted octanol–water partition coefficient (Wildman–Crippen LogP) is 3.34. The largest absolute Gasteiger partial charge is 0.476 e. The summed E-state index contributed by atoms with van der Waals surface area (Å²) in [6, 6.07) is 10.8. The summed E-state index contributed by atoms with van der Waals surface area (Å²) in [7, 11) is 0. The summed E-state index contributed by atoms with van der Waals surface area (Å²) >= 11 is 1.43. The first kappa shape index (κ1) is 15.7. The fourth-order valence-corrected chi connectivity index (χ4v) is 4.56. The third-order valence-electron chi connectivity index (χ3n) is 4.91. The molecule has 2 saturated heterocycles. The molecule has 0 saturated carbocycles. The van der Waals surface area contributed by atoms with Crippen LogP contribution in [-0.2, 0) is 11.3 Å². The molecule has 0 unspecified atom stereocenters. The van der Waals surface area contributed by atoms with Crippen molar-refractivity contribution < 1.29 is 14.6 Å². The lowest BCUT2D eigenvalue weighted by molar-refractivity contribution is -0.00572. The Kier molecular flexibility index (Phi) is 4.35. The SMILES string of the molecule is O=C(O)c1csc(CN2CCC[C@@H]3O[C@H](c4ccccc4)C[C@@H]32)n1. The van der Waals surface area contributed by atoms with Crippen LogP contribution < -0.4 is 0 Å². The van der Waals surface area contributed by atoms with E-state index in [9.17, 15) is 4.79 Å². The molecule has 2 aliphatic rings. The zero-order chi connectivity index (χ0) is 16.5. The zero-order valence-electron chi connectivity index (χ0n) is 13.3. The van der Waals surface area contributed by atoms with Crippen molar-refractivity contribution >= 4 is 17.3 Å². The molecule has 1 N–H and O–H groups in total. The van der Waals surface area contributed by atoms with Crippen molar-refractivity contribution in [2.75, 3.05) is 6.54 Å². The highest BCUT2D eigenvalue weighted by molar-refractivity contribution is 7.09. The van der Waals surface area contributed by atoms with Gasteiger partial charge in [-0.1, -0.05) is 30.3 Å². The fraction of sp³-hybridized carbons (Fsp3) is 0.444. The van der Waals surface area contributed by atoms with Crippen molar-refractivity contribution in [1.82, 2.24) is 9.88 Å². The van der Waals surface area contributed by atoms with Gasteiger partial charge in [0, 0.05) is 11.4 Å². The third-order valence-corrected chi connectivity index (χ3v) is 5.74. The van der Waals surface area contributed by atoms with Gasteiger partial charge in [0.15, 0.2) is 5.69 Å². The fourth-order valence-electron chi connectivity index (χ4n) is 3.77. The number of benzene rings is 1. The van der Waals surface area contributed by atoms with Crippen LogP contribution >= 0.6 is 11.3 Å². The first-order chi connectivity index (χ1) is 11.7. The number of rotatable bonds is 4. The number of carbonyl (C=O) groups is 1. The molecule has 0 amide bonds. The van der Waals surface area contributed by atoms with E-state index in [1.54, 1.807) is 5.38 Å². The number of carboxylic acids is 1. The van der Waals surface area contributed by atoms with Crippen molar-refractivity contribution in [3.8, 4) is 0 Å². The quantitative estimate of drug-likeness (QED) is 0.922. The summed E-state index contributed by atoms with van der Waals surface area (Å²) in [6.45, 7) is 1.73. The Balaban J connectivity index is 1.47. The van der Waals surface area contributed by atoms with Crippen molar-refractivity contribution in [3.05, 3.63) is 52.0 Å². The van der Waals surface area contributed by atoms with E-state index in [-0.39, 0.29) is 17.9 Å². The van der Waals surface area contributed by atoms with Crippen LogP contribution in [0.4, 0.5) is 0 Å². The van der Waals surface area contributed by atoms with Crippen LogP contribution in [0.25, 0.3) is 0 Å². The highest BCUT2D eigenvalue weighted by Crippen LogP contribution is 2.40. The normalized spacial score (nSPS) is 27.1. The maximum atomic E-state index is 11.0. The van der Waals surface area contributed by atoms with Crippen LogP contribution in [0.5, 0.6) is 0 Å². The van der Waals surface area contributed by atoms with Gasteiger partial charge in [-0.25, -0.2) is 9.78 Å². The molecule has 0 radical (unpaired) electrons. The van der Waals surface area contributed by atoms with E-state index in [4.69, 9.17) is 9.84 Å². The number of aromatic nitrogens is 1. The molecule has 1 aromatic heterocycles. The van der Waals surface area contributed by atoms with Gasteiger partial charge in [0.05, 0.1) is 18.8 Å². The molecule has 6 heteroatoms. The van der Waals surface area contributed by atoms with E-state index in [2.05, 4.69) is 34.1 Å². The molecule has 2 aliphatic heterocycles. The number of nitrogens with zero attached hydrogens (tertiary/aromatic N) is 2. The number of hydrogen-bond acceptors (Lipinski definition) is 5. The highest BCUT2D eigenvalue weighted by Gasteiger charge is 2.41. The molecule has 1 aromatic carbocycles. The van der Waals surface area contributed by atoms with Crippen LogP contribution in [0, 0.1) is 0 Å². The molecule has 126 valence electrons. The number of aromatic carboxylic acids is 1. The number of thiazole rings is 1. The molecule has 0 aliphatic carbocycles. The zero-order valence-corrected chi connectivity index (χ0v) is 14.1. The van der Waals surface area contributed by atoms with E-state index in [0.717, 1.165) is 30.8 Å². The molecule has 2 aromatic rings. The van der Waals surface area contributed by atoms with Gasteiger partial charge in [0.1, 0.15) is 5.01 Å². The number of carboxylic acid groups (broad SMARTS) is 1. The second kappa shape index (κ2) is 6.63. The van der Waals surface area contributed by atoms with Gasteiger partial charge in [0.2, 0.25) is 0 Å². The Morgan fingerprint density at radius 3 is 2.96 bits per heavy atom. The monoisotopic (exact) mass is 344 g/mol. The smallest absolute Gasteiger partial charge is 0.355 e. The third kappa shape index (κ3) is 3.09. The molecule has 3 heterocycles. The van der Waals surface area contributed by atoms with Crippen molar-refractivity contribution in [3.63, 3.8) is 0 Å². The summed E-state index contributed by atoms with van der Waals surface area (Å²) in [5.74, 6) is -0.956. The van der Waals surface area contributed by atoms with Gasteiger partial charge in [-0.2, -0.15) is 0 Å². The van der Waals surface area contributed by atoms with Crippen molar-refractivity contribution in [2.45, 2.75) is 44.1 Å². The van der Waals surface area contributed by atoms with Crippen LogP contribution in [-0.4, -0.2) is 39.7 Å². The van der Waals surface area contributed by atoms with E-state index in [1.165, 1.54) is 16.9 Å². The Hall–Kier alpha value is -1.76. The number of hydrogen-bond donors (Lipinski definition) is 1. The molecule has 0 spiro atoms. The van der Waals surface area contributed by atoms with Crippen LogP contribution in [0.3, 0.4) is 0 Å². The minimum absolute atomic E-state index is 0.147. The molecule has 24 heavy (non-hydrogen) atoms. The van der Waals surface area contributed by atoms with Crippen LogP contribution in [0.1, 0.15) is 46.4 Å². The van der Waals surface area contributed by atoms with Crippen molar-refractivity contribution in [2.24, 2.45) is 0 Å². The maximum Gasteiger partial charge on any atom is 0.355 e. The van der Waals surface area contributed by atoms with Gasteiger partial charge in [-0.15, -0.1) is 11.3 Å². The molecule has 4 rings (SSSR count). The summed E-state index contributed by atoms with van der Waals surface area (Å²) in [6.07, 6.45) is 3.63. The van der Waals surface area contributed by atoms with E-state index < -0.39 is 5.97 Å². The van der Waals surface area contributed by atoms with Gasteiger partial charge >= 0.3 is 5.97 Å². The summed E-state index contributed by atoms with van der Waals surface area (Å²) in [5, 5.41) is 11.5. The van der Waals surface area contributed by atoms with E-state index in [0.29, 0.717) is 12.6 Å². The van der Waals surface area contributed by atoms with Gasteiger partial charge in [0.25, 0.3) is 0 Å². The minimum atomic E-state index is -0.956. The van der Waals surface area contributed by atoms with E-state index >= 15 is 0 Å². The Labute approximate surface area is 144 Å². The Morgan fingerprint density at radius 1 is 1.38 bits per heavy atom. The number of fused-ring (bicyclic) bond motifs is 1. The molecular weight excluding hydrogens is 324 g/mol. The Bertz CT molecular complexity index is 718. The number of piperidine rings is 1. The first-order valence-corrected chi connectivity index (χ1v) is 9.21. The molecule has 2 fully saturated rings. The lowest BCUT2D eigenvalue weighted by Crippen LogP contribution is -2.45. The average molecular weight is 344 g/mol. The molecule has 5 nitrogen and oxygen atoms in total. The van der Waals surface area contributed by atoms with Crippen LogP contribution in [0.2, 0.25) is 0 Å². The van der Waals surface area contributed by atoms with Gasteiger partial charge < -0.3 is 9.84 Å². The molecular formula is C18H20N2O3S. The average Bonchev–Trinajstić information content (AvgIpc) is 3.23.